The Morgan fingerprint density at radius 2 is 1.76 bits per heavy atom. The van der Waals surface area contributed by atoms with Crippen molar-refractivity contribution in [3.8, 4) is 0 Å². The molecule has 1 fully saturated rings. The Balaban J connectivity index is 1.86. The van der Waals surface area contributed by atoms with Gasteiger partial charge < -0.3 is 9.80 Å². The summed E-state index contributed by atoms with van der Waals surface area (Å²) >= 11 is 0. The second-order valence-corrected chi connectivity index (χ2v) is 5.33. The van der Waals surface area contributed by atoms with Crippen LogP contribution in [0.1, 0.15) is 25.3 Å². The van der Waals surface area contributed by atoms with Crippen molar-refractivity contribution in [3.05, 3.63) is 35.6 Å². The number of hydrogen-bond acceptors (Lipinski definition) is 2. The molecule has 5 heteroatoms. The number of rotatable bonds is 3. The first-order valence-electron chi connectivity index (χ1n) is 7.34. The van der Waals surface area contributed by atoms with Crippen LogP contribution in [0.25, 0.3) is 0 Å². The van der Waals surface area contributed by atoms with Gasteiger partial charge in [-0.25, -0.2) is 4.39 Å². The molecule has 0 bridgehead atoms. The molecule has 0 unspecified atom stereocenters. The first-order valence-corrected chi connectivity index (χ1v) is 7.34. The minimum absolute atomic E-state index is 0.0312. The number of nitrogens with zero attached hydrogens (tertiary/aromatic N) is 2. The van der Waals surface area contributed by atoms with E-state index in [1.165, 1.54) is 6.07 Å². The Hall–Kier alpha value is -1.91. The first kappa shape index (κ1) is 15.5. The summed E-state index contributed by atoms with van der Waals surface area (Å²) in [6.45, 7) is 4.07. The van der Waals surface area contributed by atoms with E-state index in [0.717, 1.165) is 6.42 Å². The third kappa shape index (κ3) is 4.28. The van der Waals surface area contributed by atoms with Crippen LogP contribution in [0.15, 0.2) is 24.3 Å². The zero-order valence-electron chi connectivity index (χ0n) is 12.3. The van der Waals surface area contributed by atoms with E-state index in [1.807, 2.05) is 0 Å². The fourth-order valence-corrected chi connectivity index (χ4v) is 2.58. The van der Waals surface area contributed by atoms with E-state index in [0.29, 0.717) is 44.6 Å². The lowest BCUT2D eigenvalue weighted by Gasteiger charge is -2.21. The van der Waals surface area contributed by atoms with Crippen molar-refractivity contribution >= 4 is 11.8 Å². The Morgan fingerprint density at radius 1 is 1.10 bits per heavy atom. The summed E-state index contributed by atoms with van der Waals surface area (Å²) in [6.07, 6.45) is 1.52. The highest BCUT2D eigenvalue weighted by atomic mass is 19.1. The lowest BCUT2D eigenvalue weighted by atomic mass is 10.1. The molecule has 0 spiro atoms. The standard InChI is InChI=1S/C16H21FN2O2/c1-13(20)18-9-4-10-19(12-11-18)16(21)8-7-14-5-2-3-6-15(14)17/h2-3,5-6H,4,7-12H2,1H3. The molecule has 0 aromatic heterocycles. The summed E-state index contributed by atoms with van der Waals surface area (Å²) in [5.41, 5.74) is 0.575. The van der Waals surface area contributed by atoms with Gasteiger partial charge in [0.25, 0.3) is 0 Å². The number of carbonyl (C=O) groups excluding carboxylic acids is 2. The fourth-order valence-electron chi connectivity index (χ4n) is 2.58. The molecule has 0 N–H and O–H groups in total. The van der Waals surface area contributed by atoms with E-state index < -0.39 is 0 Å². The Bertz CT molecular complexity index is 519. The molecule has 1 aromatic rings. The van der Waals surface area contributed by atoms with Crippen molar-refractivity contribution in [3.63, 3.8) is 0 Å². The molecule has 2 rings (SSSR count). The van der Waals surface area contributed by atoms with Gasteiger partial charge in [-0.05, 0) is 24.5 Å². The predicted octanol–water partition coefficient (Wildman–Crippen LogP) is 1.84. The smallest absolute Gasteiger partial charge is 0.222 e. The Morgan fingerprint density at radius 3 is 2.48 bits per heavy atom. The summed E-state index contributed by atoms with van der Waals surface area (Å²) in [6, 6.07) is 6.55. The van der Waals surface area contributed by atoms with E-state index in [9.17, 15) is 14.0 Å². The molecule has 21 heavy (non-hydrogen) atoms. The molecule has 114 valence electrons. The van der Waals surface area contributed by atoms with Crippen LogP contribution >= 0.6 is 0 Å². The molecule has 4 nitrogen and oxygen atoms in total. The molecule has 0 aliphatic carbocycles. The van der Waals surface area contributed by atoms with E-state index in [-0.39, 0.29) is 17.6 Å². The first-order chi connectivity index (χ1) is 10.1. The molecule has 1 heterocycles. The van der Waals surface area contributed by atoms with E-state index in [4.69, 9.17) is 0 Å². The predicted molar refractivity (Wildman–Crippen MR) is 78.2 cm³/mol. The molecular weight excluding hydrogens is 271 g/mol. The van der Waals surface area contributed by atoms with Crippen molar-refractivity contribution in [2.45, 2.75) is 26.2 Å². The maximum Gasteiger partial charge on any atom is 0.222 e. The third-order valence-electron chi connectivity index (χ3n) is 3.86. The zero-order valence-corrected chi connectivity index (χ0v) is 12.3. The molecule has 1 aromatic carbocycles. The molecule has 1 aliphatic rings. The monoisotopic (exact) mass is 292 g/mol. The summed E-state index contributed by atoms with van der Waals surface area (Å²) in [5, 5.41) is 0. The number of aryl methyl sites for hydroxylation is 1. The minimum atomic E-state index is -0.260. The van der Waals surface area contributed by atoms with Gasteiger partial charge >= 0.3 is 0 Å². The zero-order chi connectivity index (χ0) is 15.2. The van der Waals surface area contributed by atoms with Crippen LogP contribution in [0.5, 0.6) is 0 Å². The topological polar surface area (TPSA) is 40.6 Å². The van der Waals surface area contributed by atoms with Gasteiger partial charge in [0.2, 0.25) is 11.8 Å². The number of carbonyl (C=O) groups is 2. The maximum atomic E-state index is 13.5. The van der Waals surface area contributed by atoms with E-state index in [2.05, 4.69) is 0 Å². The Kier molecular flexibility index (Phi) is 5.31. The van der Waals surface area contributed by atoms with Crippen LogP contribution in [0.3, 0.4) is 0 Å². The lowest BCUT2D eigenvalue weighted by Crippen LogP contribution is -2.36. The average Bonchev–Trinajstić information content (AvgIpc) is 2.72. The van der Waals surface area contributed by atoms with E-state index >= 15 is 0 Å². The van der Waals surface area contributed by atoms with Crippen molar-refractivity contribution in [2.75, 3.05) is 26.2 Å². The van der Waals surface area contributed by atoms with E-state index in [1.54, 1.807) is 34.9 Å². The van der Waals surface area contributed by atoms with Crippen LogP contribution in [0.2, 0.25) is 0 Å². The molecule has 1 saturated heterocycles. The quantitative estimate of drug-likeness (QED) is 0.853. The highest BCUT2D eigenvalue weighted by molar-refractivity contribution is 5.77. The van der Waals surface area contributed by atoms with Crippen LogP contribution < -0.4 is 0 Å². The second kappa shape index (κ2) is 7.20. The van der Waals surface area contributed by atoms with Crippen molar-refractivity contribution in [1.29, 1.82) is 0 Å². The second-order valence-electron chi connectivity index (χ2n) is 5.33. The van der Waals surface area contributed by atoms with Crippen molar-refractivity contribution in [1.82, 2.24) is 9.80 Å². The summed E-state index contributed by atoms with van der Waals surface area (Å²) in [5.74, 6) is -0.178. The van der Waals surface area contributed by atoms with Crippen LogP contribution in [-0.2, 0) is 16.0 Å². The molecule has 0 radical (unpaired) electrons. The summed E-state index contributed by atoms with van der Waals surface area (Å²) in [4.78, 5) is 27.1. The number of benzene rings is 1. The van der Waals surface area contributed by atoms with Crippen molar-refractivity contribution < 1.29 is 14.0 Å². The summed E-state index contributed by atoms with van der Waals surface area (Å²) in [7, 11) is 0. The molecule has 0 saturated carbocycles. The van der Waals surface area contributed by atoms with Gasteiger partial charge in [0.15, 0.2) is 0 Å². The molecule has 0 atom stereocenters. The third-order valence-corrected chi connectivity index (χ3v) is 3.86. The van der Waals surface area contributed by atoms with Gasteiger partial charge in [0.1, 0.15) is 5.82 Å². The minimum Gasteiger partial charge on any atom is -0.341 e. The van der Waals surface area contributed by atoms with Gasteiger partial charge in [0, 0.05) is 39.5 Å². The van der Waals surface area contributed by atoms with Crippen LogP contribution in [0.4, 0.5) is 4.39 Å². The normalized spacial score (nSPS) is 15.7. The van der Waals surface area contributed by atoms with Gasteiger partial charge in [0.05, 0.1) is 0 Å². The van der Waals surface area contributed by atoms with Gasteiger partial charge in [-0.3, -0.25) is 9.59 Å². The highest BCUT2D eigenvalue weighted by Gasteiger charge is 2.20. The maximum absolute atomic E-state index is 13.5. The fraction of sp³-hybridized carbons (Fsp3) is 0.500. The molecule has 1 aliphatic heterocycles. The largest absolute Gasteiger partial charge is 0.341 e. The van der Waals surface area contributed by atoms with Gasteiger partial charge in [-0.1, -0.05) is 18.2 Å². The van der Waals surface area contributed by atoms with Gasteiger partial charge in [-0.2, -0.15) is 0 Å². The number of halogens is 1. The Labute approximate surface area is 124 Å². The lowest BCUT2D eigenvalue weighted by molar-refractivity contribution is -0.132. The SMILES string of the molecule is CC(=O)N1CCCN(C(=O)CCc2ccccc2F)CC1. The molecule has 2 amide bonds. The molecular formula is C16H21FN2O2. The van der Waals surface area contributed by atoms with Crippen molar-refractivity contribution in [2.24, 2.45) is 0 Å². The van der Waals surface area contributed by atoms with Crippen LogP contribution in [-0.4, -0.2) is 47.8 Å². The number of hydrogen-bond donors (Lipinski definition) is 0. The van der Waals surface area contributed by atoms with Gasteiger partial charge in [-0.15, -0.1) is 0 Å². The van der Waals surface area contributed by atoms with Crippen LogP contribution in [0, 0.1) is 5.82 Å². The number of amides is 2. The average molecular weight is 292 g/mol. The summed E-state index contributed by atoms with van der Waals surface area (Å²) < 4.78 is 13.5. The highest BCUT2D eigenvalue weighted by Crippen LogP contribution is 2.11.